The molecule has 0 aliphatic heterocycles. The van der Waals surface area contributed by atoms with E-state index in [4.69, 9.17) is 19.9 Å². The molecular weight excluding hydrogens is 206 g/mol. The summed E-state index contributed by atoms with van der Waals surface area (Å²) in [4.78, 5) is 0. The molecule has 0 radical (unpaired) electrons. The maximum atomic E-state index is 6.13. The second kappa shape index (κ2) is 6.55. The van der Waals surface area contributed by atoms with E-state index >= 15 is 0 Å². The molecule has 1 aliphatic rings. The second-order valence-corrected chi connectivity index (χ2v) is 5.07. The molecule has 1 fully saturated rings. The Balaban J connectivity index is 2.06. The topological polar surface area (TPSA) is 53.7 Å². The van der Waals surface area contributed by atoms with Crippen LogP contribution in [0, 0.1) is 5.41 Å². The first-order valence-corrected chi connectivity index (χ1v) is 6.02. The van der Waals surface area contributed by atoms with Crippen molar-refractivity contribution in [3.8, 4) is 0 Å². The zero-order chi connectivity index (χ0) is 12.0. The monoisotopic (exact) mass is 231 g/mol. The summed E-state index contributed by atoms with van der Waals surface area (Å²) >= 11 is 0. The minimum atomic E-state index is 0.145. The van der Waals surface area contributed by atoms with Gasteiger partial charge < -0.3 is 19.9 Å². The van der Waals surface area contributed by atoms with Gasteiger partial charge in [0.2, 0.25) is 0 Å². The van der Waals surface area contributed by atoms with E-state index in [9.17, 15) is 0 Å². The van der Waals surface area contributed by atoms with Crippen molar-refractivity contribution in [3.63, 3.8) is 0 Å². The molecule has 4 heteroatoms. The predicted molar refractivity (Wildman–Crippen MR) is 63.4 cm³/mol. The number of rotatable bonds is 7. The predicted octanol–water partition coefficient (Wildman–Crippen LogP) is 1.18. The molecule has 1 saturated carbocycles. The summed E-state index contributed by atoms with van der Waals surface area (Å²) in [5.41, 5.74) is 6.34. The molecule has 4 nitrogen and oxygen atoms in total. The molecule has 1 aliphatic carbocycles. The third-order valence-corrected chi connectivity index (χ3v) is 3.37. The van der Waals surface area contributed by atoms with Crippen molar-refractivity contribution in [1.29, 1.82) is 0 Å². The van der Waals surface area contributed by atoms with Gasteiger partial charge in [0.05, 0.1) is 32.5 Å². The Labute approximate surface area is 98.4 Å². The summed E-state index contributed by atoms with van der Waals surface area (Å²) in [6.45, 7) is 6.91. The van der Waals surface area contributed by atoms with Gasteiger partial charge in [-0.2, -0.15) is 0 Å². The third-order valence-electron chi connectivity index (χ3n) is 3.37. The highest BCUT2D eigenvalue weighted by atomic mass is 16.5. The Hall–Kier alpha value is -0.160. The summed E-state index contributed by atoms with van der Waals surface area (Å²) in [6.07, 6.45) is 2.40. The van der Waals surface area contributed by atoms with Gasteiger partial charge in [-0.05, 0) is 18.3 Å². The standard InChI is InChI=1S/C12H25NO3/c1-12(2)5-4-10(11(12)13)16-9-8-15-7-6-14-3/h10-11H,4-9,13H2,1-3H3. The van der Waals surface area contributed by atoms with Gasteiger partial charge in [-0.15, -0.1) is 0 Å². The van der Waals surface area contributed by atoms with Crippen molar-refractivity contribution in [2.24, 2.45) is 11.1 Å². The Morgan fingerprint density at radius 2 is 1.88 bits per heavy atom. The summed E-state index contributed by atoms with van der Waals surface area (Å²) < 4.78 is 16.0. The molecule has 0 spiro atoms. The first-order valence-electron chi connectivity index (χ1n) is 6.02. The fourth-order valence-electron chi connectivity index (χ4n) is 2.05. The van der Waals surface area contributed by atoms with E-state index in [0.29, 0.717) is 26.4 Å². The SMILES string of the molecule is COCCOCCOC1CCC(C)(C)C1N. The van der Waals surface area contributed by atoms with Crippen LogP contribution in [0.5, 0.6) is 0 Å². The fourth-order valence-corrected chi connectivity index (χ4v) is 2.05. The highest BCUT2D eigenvalue weighted by Gasteiger charge is 2.39. The Morgan fingerprint density at radius 1 is 1.19 bits per heavy atom. The molecule has 0 aromatic rings. The molecule has 16 heavy (non-hydrogen) atoms. The lowest BCUT2D eigenvalue weighted by Gasteiger charge is -2.26. The normalized spacial score (nSPS) is 28.5. The quantitative estimate of drug-likeness (QED) is 0.669. The number of hydrogen-bond donors (Lipinski definition) is 1. The van der Waals surface area contributed by atoms with Crippen molar-refractivity contribution < 1.29 is 14.2 Å². The highest BCUT2D eigenvalue weighted by molar-refractivity contribution is 4.94. The number of methoxy groups -OCH3 is 1. The first kappa shape index (κ1) is 13.9. The minimum Gasteiger partial charge on any atom is -0.382 e. The van der Waals surface area contributed by atoms with Crippen LogP contribution in [0.1, 0.15) is 26.7 Å². The zero-order valence-electron chi connectivity index (χ0n) is 10.7. The summed E-state index contributed by atoms with van der Waals surface area (Å²) in [5.74, 6) is 0. The van der Waals surface area contributed by atoms with Crippen LogP contribution < -0.4 is 5.73 Å². The second-order valence-electron chi connectivity index (χ2n) is 5.07. The maximum Gasteiger partial charge on any atom is 0.0732 e. The molecule has 96 valence electrons. The molecule has 0 aromatic carbocycles. The van der Waals surface area contributed by atoms with Crippen LogP contribution in [-0.4, -0.2) is 45.7 Å². The maximum absolute atomic E-state index is 6.13. The van der Waals surface area contributed by atoms with E-state index in [0.717, 1.165) is 12.8 Å². The van der Waals surface area contributed by atoms with E-state index in [-0.39, 0.29) is 17.6 Å². The van der Waals surface area contributed by atoms with Gasteiger partial charge in [-0.25, -0.2) is 0 Å². The average Bonchev–Trinajstić information content (AvgIpc) is 2.50. The highest BCUT2D eigenvalue weighted by Crippen LogP contribution is 2.37. The van der Waals surface area contributed by atoms with Gasteiger partial charge >= 0.3 is 0 Å². The summed E-state index contributed by atoms with van der Waals surface area (Å²) in [6, 6.07) is 0.145. The molecular formula is C12H25NO3. The molecule has 2 N–H and O–H groups in total. The molecule has 0 heterocycles. The van der Waals surface area contributed by atoms with Gasteiger partial charge in [0.25, 0.3) is 0 Å². The minimum absolute atomic E-state index is 0.145. The Kier molecular flexibility index (Phi) is 5.69. The summed E-state index contributed by atoms with van der Waals surface area (Å²) in [5, 5.41) is 0. The first-order chi connectivity index (χ1) is 7.58. The van der Waals surface area contributed by atoms with Crippen LogP contribution in [0.15, 0.2) is 0 Å². The molecule has 0 saturated heterocycles. The number of hydrogen-bond acceptors (Lipinski definition) is 4. The van der Waals surface area contributed by atoms with Gasteiger partial charge in [0.1, 0.15) is 0 Å². The largest absolute Gasteiger partial charge is 0.382 e. The molecule has 0 bridgehead atoms. The van der Waals surface area contributed by atoms with E-state index < -0.39 is 0 Å². The molecule has 0 amide bonds. The smallest absolute Gasteiger partial charge is 0.0732 e. The average molecular weight is 231 g/mol. The van der Waals surface area contributed by atoms with Crippen LogP contribution in [-0.2, 0) is 14.2 Å². The van der Waals surface area contributed by atoms with Gasteiger partial charge in [-0.1, -0.05) is 13.8 Å². The van der Waals surface area contributed by atoms with E-state index in [1.54, 1.807) is 7.11 Å². The van der Waals surface area contributed by atoms with Gasteiger partial charge in [-0.3, -0.25) is 0 Å². The molecule has 0 aromatic heterocycles. The van der Waals surface area contributed by atoms with Crippen LogP contribution in [0.25, 0.3) is 0 Å². The lowest BCUT2D eigenvalue weighted by atomic mass is 9.88. The van der Waals surface area contributed by atoms with E-state index in [2.05, 4.69) is 13.8 Å². The Morgan fingerprint density at radius 3 is 2.44 bits per heavy atom. The molecule has 2 unspecified atom stereocenters. The van der Waals surface area contributed by atoms with Crippen molar-refractivity contribution in [2.45, 2.75) is 38.8 Å². The fraction of sp³-hybridized carbons (Fsp3) is 1.00. The lowest BCUT2D eigenvalue weighted by molar-refractivity contribution is -0.0131. The van der Waals surface area contributed by atoms with Gasteiger partial charge in [0.15, 0.2) is 0 Å². The number of ether oxygens (including phenoxy) is 3. The van der Waals surface area contributed by atoms with Crippen LogP contribution in [0.3, 0.4) is 0 Å². The Bertz CT molecular complexity index is 197. The van der Waals surface area contributed by atoms with Gasteiger partial charge in [0, 0.05) is 13.2 Å². The van der Waals surface area contributed by atoms with Crippen molar-refractivity contribution in [2.75, 3.05) is 33.5 Å². The van der Waals surface area contributed by atoms with Crippen LogP contribution in [0.2, 0.25) is 0 Å². The third kappa shape index (κ3) is 4.01. The molecule has 2 atom stereocenters. The van der Waals surface area contributed by atoms with Crippen LogP contribution in [0.4, 0.5) is 0 Å². The lowest BCUT2D eigenvalue weighted by Crippen LogP contribution is -2.41. The molecule has 1 rings (SSSR count). The van der Waals surface area contributed by atoms with Crippen molar-refractivity contribution in [1.82, 2.24) is 0 Å². The number of nitrogens with two attached hydrogens (primary N) is 1. The van der Waals surface area contributed by atoms with E-state index in [1.165, 1.54) is 0 Å². The van der Waals surface area contributed by atoms with Crippen molar-refractivity contribution >= 4 is 0 Å². The van der Waals surface area contributed by atoms with E-state index in [1.807, 2.05) is 0 Å². The van der Waals surface area contributed by atoms with Crippen molar-refractivity contribution in [3.05, 3.63) is 0 Å². The van der Waals surface area contributed by atoms with Crippen LogP contribution >= 0.6 is 0 Å². The summed E-state index contributed by atoms with van der Waals surface area (Å²) in [7, 11) is 1.67. The zero-order valence-corrected chi connectivity index (χ0v) is 10.7.